The molecule has 1 aromatic carbocycles. The molecule has 0 aromatic heterocycles. The number of ketones is 1. The van der Waals surface area contributed by atoms with Crippen molar-refractivity contribution in [1.82, 2.24) is 0 Å². The van der Waals surface area contributed by atoms with Crippen LogP contribution < -0.4 is 0 Å². The largest absolute Gasteiger partial charge is 0.373 e. The highest BCUT2D eigenvalue weighted by molar-refractivity contribution is 6.34. The number of hydrogen-bond donors (Lipinski definition) is 0. The Morgan fingerprint density at radius 3 is 2.56 bits per heavy atom. The average molecular weight is 245 g/mol. The molecule has 1 unspecified atom stereocenters. The van der Waals surface area contributed by atoms with E-state index in [2.05, 4.69) is 0 Å². The number of hydrogen-bond acceptors (Lipinski definition) is 2. The van der Waals surface area contributed by atoms with Crippen LogP contribution >= 0.6 is 11.6 Å². The Morgan fingerprint density at radius 1 is 1.44 bits per heavy atom. The van der Waals surface area contributed by atoms with Crippen LogP contribution in [-0.2, 0) is 4.74 Å². The molecule has 0 heterocycles. The molecule has 4 heteroatoms. The maximum Gasteiger partial charge on any atom is 0.193 e. The van der Waals surface area contributed by atoms with E-state index in [-0.39, 0.29) is 22.3 Å². The van der Waals surface area contributed by atoms with Crippen LogP contribution in [0.15, 0.2) is 18.2 Å². The van der Waals surface area contributed by atoms with Crippen molar-refractivity contribution in [2.75, 3.05) is 7.11 Å². The second-order valence-corrected chi connectivity index (χ2v) is 4.30. The molecule has 1 aromatic rings. The van der Waals surface area contributed by atoms with E-state index in [1.54, 1.807) is 0 Å². The van der Waals surface area contributed by atoms with Crippen molar-refractivity contribution in [2.45, 2.75) is 20.0 Å². The van der Waals surface area contributed by atoms with E-state index in [0.29, 0.717) is 0 Å². The first-order valence-electron chi connectivity index (χ1n) is 4.99. The van der Waals surface area contributed by atoms with Gasteiger partial charge in [0.2, 0.25) is 0 Å². The second kappa shape index (κ2) is 5.41. The summed E-state index contributed by atoms with van der Waals surface area (Å²) in [4.78, 5) is 12.0. The Bertz CT molecular complexity index is 391. The van der Waals surface area contributed by atoms with Gasteiger partial charge in [-0.3, -0.25) is 4.79 Å². The summed E-state index contributed by atoms with van der Waals surface area (Å²) in [7, 11) is 1.45. The highest BCUT2D eigenvalue weighted by Crippen LogP contribution is 2.21. The van der Waals surface area contributed by atoms with E-state index >= 15 is 0 Å². The molecule has 88 valence electrons. The van der Waals surface area contributed by atoms with Crippen LogP contribution in [0.25, 0.3) is 0 Å². The third-order valence-electron chi connectivity index (χ3n) is 2.31. The van der Waals surface area contributed by atoms with Crippen LogP contribution in [0.3, 0.4) is 0 Å². The normalized spacial score (nSPS) is 12.9. The predicted molar refractivity (Wildman–Crippen MR) is 61.4 cm³/mol. The van der Waals surface area contributed by atoms with Gasteiger partial charge in [0.15, 0.2) is 5.78 Å². The fourth-order valence-corrected chi connectivity index (χ4v) is 1.73. The molecule has 0 aliphatic carbocycles. The Morgan fingerprint density at radius 2 is 2.06 bits per heavy atom. The van der Waals surface area contributed by atoms with Crippen molar-refractivity contribution in [3.63, 3.8) is 0 Å². The van der Waals surface area contributed by atoms with Gasteiger partial charge in [-0.05, 0) is 24.1 Å². The first-order valence-corrected chi connectivity index (χ1v) is 5.37. The molecule has 0 aliphatic heterocycles. The van der Waals surface area contributed by atoms with Gasteiger partial charge in [0, 0.05) is 12.7 Å². The van der Waals surface area contributed by atoms with E-state index < -0.39 is 11.9 Å². The molecule has 1 rings (SSSR count). The van der Waals surface area contributed by atoms with Crippen LogP contribution in [0.1, 0.15) is 24.2 Å². The Labute approximate surface area is 99.4 Å². The zero-order valence-electron chi connectivity index (χ0n) is 9.46. The van der Waals surface area contributed by atoms with Gasteiger partial charge in [0.05, 0.1) is 5.02 Å². The van der Waals surface area contributed by atoms with Crippen molar-refractivity contribution in [3.8, 4) is 0 Å². The summed E-state index contributed by atoms with van der Waals surface area (Å²) in [5, 5.41) is 0.245. The summed E-state index contributed by atoms with van der Waals surface area (Å²) < 4.78 is 18.1. The van der Waals surface area contributed by atoms with Gasteiger partial charge < -0.3 is 4.74 Å². The number of benzene rings is 1. The Balaban J connectivity index is 3.08. The molecule has 0 spiro atoms. The van der Waals surface area contributed by atoms with Gasteiger partial charge in [-0.1, -0.05) is 25.4 Å². The molecular formula is C12H14ClFO2. The first-order chi connectivity index (χ1) is 7.47. The minimum atomic E-state index is -0.598. The molecule has 0 amide bonds. The van der Waals surface area contributed by atoms with E-state index in [9.17, 15) is 9.18 Å². The van der Waals surface area contributed by atoms with Gasteiger partial charge in [-0.2, -0.15) is 0 Å². The summed E-state index contributed by atoms with van der Waals surface area (Å²) in [5.74, 6) is -0.759. The number of methoxy groups -OCH3 is 1. The van der Waals surface area contributed by atoms with Gasteiger partial charge in [0.25, 0.3) is 0 Å². The van der Waals surface area contributed by atoms with Gasteiger partial charge in [-0.25, -0.2) is 4.39 Å². The minimum Gasteiger partial charge on any atom is -0.373 e. The Kier molecular flexibility index (Phi) is 4.44. The SMILES string of the molecule is COC(C(=O)c1cc(F)ccc1Cl)C(C)C. The molecule has 0 saturated carbocycles. The number of rotatable bonds is 4. The lowest BCUT2D eigenvalue weighted by Crippen LogP contribution is -2.28. The van der Waals surface area contributed by atoms with E-state index in [0.717, 1.165) is 6.07 Å². The number of halogens is 2. The van der Waals surface area contributed by atoms with Crippen LogP contribution in [0.4, 0.5) is 4.39 Å². The van der Waals surface area contributed by atoms with Crippen LogP contribution in [0.5, 0.6) is 0 Å². The van der Waals surface area contributed by atoms with Crippen LogP contribution in [0.2, 0.25) is 5.02 Å². The number of carbonyl (C=O) groups is 1. The van der Waals surface area contributed by atoms with Crippen molar-refractivity contribution in [1.29, 1.82) is 0 Å². The lowest BCUT2D eigenvalue weighted by Gasteiger charge is -2.18. The van der Waals surface area contributed by atoms with Crippen molar-refractivity contribution in [2.24, 2.45) is 5.92 Å². The molecule has 0 fully saturated rings. The fourth-order valence-electron chi connectivity index (χ4n) is 1.52. The van der Waals surface area contributed by atoms with E-state index in [1.165, 1.54) is 19.2 Å². The van der Waals surface area contributed by atoms with Gasteiger partial charge in [-0.15, -0.1) is 0 Å². The highest BCUT2D eigenvalue weighted by Gasteiger charge is 2.25. The molecule has 1 atom stereocenters. The number of carbonyl (C=O) groups excluding carboxylic acids is 1. The lowest BCUT2D eigenvalue weighted by molar-refractivity contribution is 0.0458. The zero-order valence-corrected chi connectivity index (χ0v) is 10.2. The number of ether oxygens (including phenoxy) is 1. The van der Waals surface area contributed by atoms with Crippen LogP contribution in [0, 0.1) is 11.7 Å². The average Bonchev–Trinajstić information content (AvgIpc) is 2.22. The molecule has 0 radical (unpaired) electrons. The monoisotopic (exact) mass is 244 g/mol. The quantitative estimate of drug-likeness (QED) is 0.760. The fraction of sp³-hybridized carbons (Fsp3) is 0.417. The zero-order chi connectivity index (χ0) is 12.3. The Hall–Kier alpha value is -0.930. The molecule has 0 aliphatic rings. The molecule has 2 nitrogen and oxygen atoms in total. The summed E-state index contributed by atoms with van der Waals surface area (Å²) in [6, 6.07) is 3.73. The second-order valence-electron chi connectivity index (χ2n) is 3.89. The third kappa shape index (κ3) is 2.80. The van der Waals surface area contributed by atoms with E-state index in [1.807, 2.05) is 13.8 Å². The van der Waals surface area contributed by atoms with Crippen molar-refractivity contribution >= 4 is 17.4 Å². The third-order valence-corrected chi connectivity index (χ3v) is 2.64. The summed E-state index contributed by atoms with van der Waals surface area (Å²) in [6.07, 6.45) is -0.598. The summed E-state index contributed by atoms with van der Waals surface area (Å²) in [6.45, 7) is 3.72. The summed E-state index contributed by atoms with van der Waals surface area (Å²) >= 11 is 5.85. The standard InChI is InChI=1S/C12H14ClFO2/c1-7(2)12(16-3)11(15)9-6-8(14)4-5-10(9)13/h4-7,12H,1-3H3. The molecule has 16 heavy (non-hydrogen) atoms. The maximum absolute atomic E-state index is 13.0. The van der Waals surface area contributed by atoms with E-state index in [4.69, 9.17) is 16.3 Å². The molecule has 0 N–H and O–H groups in total. The molecular weight excluding hydrogens is 231 g/mol. The first kappa shape index (κ1) is 13.1. The van der Waals surface area contributed by atoms with Crippen LogP contribution in [-0.4, -0.2) is 19.0 Å². The summed E-state index contributed by atoms with van der Waals surface area (Å²) in [5.41, 5.74) is 0.169. The highest BCUT2D eigenvalue weighted by atomic mass is 35.5. The topological polar surface area (TPSA) is 26.3 Å². The van der Waals surface area contributed by atoms with Gasteiger partial charge in [0.1, 0.15) is 11.9 Å². The minimum absolute atomic E-state index is 0.0110. The van der Waals surface area contributed by atoms with Crippen molar-refractivity contribution in [3.05, 3.63) is 34.6 Å². The lowest BCUT2D eigenvalue weighted by atomic mass is 9.97. The number of Topliss-reactive ketones (excluding diaryl/α,β-unsaturated/α-hetero) is 1. The smallest absolute Gasteiger partial charge is 0.193 e. The molecule has 0 saturated heterocycles. The maximum atomic E-state index is 13.0. The van der Waals surface area contributed by atoms with Gasteiger partial charge >= 0.3 is 0 Å². The predicted octanol–water partition coefficient (Wildman–Crippen LogP) is 3.33. The molecule has 0 bridgehead atoms. The van der Waals surface area contributed by atoms with Crippen molar-refractivity contribution < 1.29 is 13.9 Å².